The molecule has 1 aliphatic heterocycles. The Kier molecular flexibility index (Phi) is 5.59. The zero-order valence-electron chi connectivity index (χ0n) is 12.6. The summed E-state index contributed by atoms with van der Waals surface area (Å²) in [4.78, 5) is 11.3. The second-order valence-corrected chi connectivity index (χ2v) is 5.51. The molecule has 1 aliphatic rings. The van der Waals surface area contributed by atoms with Gasteiger partial charge in [0, 0.05) is 24.8 Å². The Balaban J connectivity index is 2.23. The van der Waals surface area contributed by atoms with E-state index < -0.39 is 0 Å². The van der Waals surface area contributed by atoms with Gasteiger partial charge < -0.3 is 15.3 Å². The first-order chi connectivity index (χ1) is 9.76. The standard InChI is InChI=1S/C15H26N4O/c1-3-8-16-15-17-10-12(2)14(18-15)19-9-6-4-5-7-13(19)11-20/h10,13,20H,3-9,11H2,1-2H3,(H,16,17,18). The highest BCUT2D eigenvalue weighted by Gasteiger charge is 2.23. The van der Waals surface area contributed by atoms with Crippen LogP contribution < -0.4 is 10.2 Å². The number of rotatable bonds is 5. The minimum absolute atomic E-state index is 0.185. The third-order valence-electron chi connectivity index (χ3n) is 3.84. The fourth-order valence-electron chi connectivity index (χ4n) is 2.69. The summed E-state index contributed by atoms with van der Waals surface area (Å²) in [6.07, 6.45) is 7.55. The van der Waals surface area contributed by atoms with E-state index in [-0.39, 0.29) is 12.6 Å². The number of nitrogens with zero attached hydrogens (tertiary/aromatic N) is 3. The summed E-state index contributed by atoms with van der Waals surface area (Å²) in [7, 11) is 0. The second-order valence-electron chi connectivity index (χ2n) is 5.51. The summed E-state index contributed by atoms with van der Waals surface area (Å²) >= 11 is 0. The van der Waals surface area contributed by atoms with Gasteiger partial charge in [-0.15, -0.1) is 0 Å². The molecule has 5 nitrogen and oxygen atoms in total. The highest BCUT2D eigenvalue weighted by atomic mass is 16.3. The summed E-state index contributed by atoms with van der Waals surface area (Å²) in [5.41, 5.74) is 1.08. The normalized spacial score (nSPS) is 19.8. The van der Waals surface area contributed by atoms with Crippen molar-refractivity contribution < 1.29 is 5.11 Å². The van der Waals surface area contributed by atoms with Crippen molar-refractivity contribution in [1.29, 1.82) is 0 Å². The largest absolute Gasteiger partial charge is 0.394 e. The second kappa shape index (κ2) is 7.43. The average molecular weight is 278 g/mol. The molecule has 0 radical (unpaired) electrons. The molecular weight excluding hydrogens is 252 g/mol. The molecule has 1 unspecified atom stereocenters. The van der Waals surface area contributed by atoms with Gasteiger partial charge in [0.2, 0.25) is 5.95 Å². The van der Waals surface area contributed by atoms with Gasteiger partial charge in [0.1, 0.15) is 5.82 Å². The predicted octanol–water partition coefficient (Wildman–Crippen LogP) is 2.35. The van der Waals surface area contributed by atoms with Gasteiger partial charge in [0.25, 0.3) is 0 Å². The van der Waals surface area contributed by atoms with Gasteiger partial charge in [-0.2, -0.15) is 4.98 Å². The number of aromatic nitrogens is 2. The highest BCUT2D eigenvalue weighted by molar-refractivity contribution is 5.50. The molecule has 0 aromatic carbocycles. The van der Waals surface area contributed by atoms with Crippen LogP contribution in [0.15, 0.2) is 6.20 Å². The lowest BCUT2D eigenvalue weighted by atomic mass is 10.1. The van der Waals surface area contributed by atoms with Crippen molar-refractivity contribution in [1.82, 2.24) is 9.97 Å². The molecule has 1 aromatic rings. The van der Waals surface area contributed by atoms with Crippen molar-refractivity contribution in [2.45, 2.75) is 52.0 Å². The molecule has 2 N–H and O–H groups in total. The fraction of sp³-hybridized carbons (Fsp3) is 0.733. The number of hydrogen-bond donors (Lipinski definition) is 2. The van der Waals surface area contributed by atoms with Crippen LogP contribution in [0.25, 0.3) is 0 Å². The lowest BCUT2D eigenvalue weighted by Gasteiger charge is -2.31. The van der Waals surface area contributed by atoms with Gasteiger partial charge in [-0.05, 0) is 26.2 Å². The van der Waals surface area contributed by atoms with E-state index in [2.05, 4.69) is 27.1 Å². The number of aryl methyl sites for hydroxylation is 1. The van der Waals surface area contributed by atoms with Crippen LogP contribution >= 0.6 is 0 Å². The first-order valence-electron chi connectivity index (χ1n) is 7.71. The molecule has 0 bridgehead atoms. The molecule has 2 rings (SSSR count). The van der Waals surface area contributed by atoms with Crippen molar-refractivity contribution in [2.24, 2.45) is 0 Å². The molecule has 0 saturated carbocycles. The smallest absolute Gasteiger partial charge is 0.224 e. The number of anilines is 2. The maximum absolute atomic E-state index is 9.65. The van der Waals surface area contributed by atoms with Gasteiger partial charge in [-0.1, -0.05) is 19.8 Å². The molecular formula is C15H26N4O. The Hall–Kier alpha value is -1.36. The fourth-order valence-corrected chi connectivity index (χ4v) is 2.69. The Morgan fingerprint density at radius 3 is 3.00 bits per heavy atom. The van der Waals surface area contributed by atoms with Crippen molar-refractivity contribution in [3.8, 4) is 0 Å². The number of hydrogen-bond acceptors (Lipinski definition) is 5. The van der Waals surface area contributed by atoms with E-state index in [0.717, 1.165) is 43.7 Å². The Morgan fingerprint density at radius 1 is 1.40 bits per heavy atom. The molecule has 0 aliphatic carbocycles. The number of aliphatic hydroxyl groups excluding tert-OH is 1. The molecule has 1 fully saturated rings. The molecule has 1 saturated heterocycles. The van der Waals surface area contributed by atoms with Crippen LogP contribution in [0.2, 0.25) is 0 Å². The summed E-state index contributed by atoms with van der Waals surface area (Å²) < 4.78 is 0. The molecule has 1 atom stereocenters. The number of nitrogens with one attached hydrogen (secondary N) is 1. The van der Waals surface area contributed by atoms with Crippen molar-refractivity contribution in [2.75, 3.05) is 29.9 Å². The Morgan fingerprint density at radius 2 is 2.25 bits per heavy atom. The van der Waals surface area contributed by atoms with Crippen molar-refractivity contribution >= 4 is 11.8 Å². The Labute approximate surface area is 121 Å². The minimum Gasteiger partial charge on any atom is -0.394 e. The summed E-state index contributed by atoms with van der Waals surface area (Å²) in [5.74, 6) is 1.66. The molecule has 1 aromatic heterocycles. The quantitative estimate of drug-likeness (QED) is 0.865. The maximum Gasteiger partial charge on any atom is 0.224 e. The predicted molar refractivity (Wildman–Crippen MR) is 82.2 cm³/mol. The first-order valence-corrected chi connectivity index (χ1v) is 7.71. The van der Waals surface area contributed by atoms with Crippen LogP contribution in [0.4, 0.5) is 11.8 Å². The first kappa shape index (κ1) is 15.0. The SMILES string of the molecule is CCCNc1ncc(C)c(N2CCCCCC2CO)n1. The van der Waals surface area contributed by atoms with Crippen LogP contribution in [0.1, 0.15) is 44.6 Å². The van der Waals surface area contributed by atoms with Crippen molar-refractivity contribution in [3.63, 3.8) is 0 Å². The number of aliphatic hydroxyl groups is 1. The Bertz CT molecular complexity index is 424. The molecule has 5 heteroatoms. The van der Waals surface area contributed by atoms with Gasteiger partial charge in [0.05, 0.1) is 12.6 Å². The average Bonchev–Trinajstić information content (AvgIpc) is 2.71. The maximum atomic E-state index is 9.65. The van der Waals surface area contributed by atoms with E-state index in [1.54, 1.807) is 0 Å². The van der Waals surface area contributed by atoms with E-state index in [4.69, 9.17) is 0 Å². The third-order valence-corrected chi connectivity index (χ3v) is 3.84. The molecule has 2 heterocycles. The lowest BCUT2D eigenvalue weighted by Crippen LogP contribution is -2.38. The zero-order chi connectivity index (χ0) is 14.4. The highest BCUT2D eigenvalue weighted by Crippen LogP contribution is 2.25. The molecule has 0 amide bonds. The topological polar surface area (TPSA) is 61.3 Å². The van der Waals surface area contributed by atoms with Crippen LogP contribution in [0, 0.1) is 6.92 Å². The van der Waals surface area contributed by atoms with E-state index in [1.807, 2.05) is 13.1 Å². The summed E-state index contributed by atoms with van der Waals surface area (Å²) in [6, 6.07) is 0.185. The van der Waals surface area contributed by atoms with Gasteiger partial charge in [0.15, 0.2) is 0 Å². The van der Waals surface area contributed by atoms with Crippen LogP contribution in [0.3, 0.4) is 0 Å². The van der Waals surface area contributed by atoms with Crippen molar-refractivity contribution in [3.05, 3.63) is 11.8 Å². The molecule has 0 spiro atoms. The van der Waals surface area contributed by atoms with Crippen LogP contribution in [-0.2, 0) is 0 Å². The molecule has 20 heavy (non-hydrogen) atoms. The van der Waals surface area contributed by atoms with E-state index in [1.165, 1.54) is 12.8 Å². The summed E-state index contributed by atoms with van der Waals surface area (Å²) in [5, 5.41) is 12.9. The van der Waals surface area contributed by atoms with E-state index >= 15 is 0 Å². The third kappa shape index (κ3) is 3.60. The lowest BCUT2D eigenvalue weighted by molar-refractivity contribution is 0.254. The van der Waals surface area contributed by atoms with Gasteiger partial charge in [-0.3, -0.25) is 0 Å². The molecule has 112 valence electrons. The van der Waals surface area contributed by atoms with E-state index in [9.17, 15) is 5.11 Å². The van der Waals surface area contributed by atoms with Crippen LogP contribution in [0.5, 0.6) is 0 Å². The minimum atomic E-state index is 0.185. The zero-order valence-corrected chi connectivity index (χ0v) is 12.6. The van der Waals surface area contributed by atoms with Gasteiger partial charge >= 0.3 is 0 Å². The van der Waals surface area contributed by atoms with E-state index in [0.29, 0.717) is 5.95 Å². The monoisotopic (exact) mass is 278 g/mol. The summed E-state index contributed by atoms with van der Waals surface area (Å²) in [6.45, 7) is 6.21. The van der Waals surface area contributed by atoms with Gasteiger partial charge in [-0.25, -0.2) is 4.98 Å². The van der Waals surface area contributed by atoms with Crippen LogP contribution in [-0.4, -0.2) is 40.8 Å².